The molecule has 2 aromatic carbocycles. The number of anilines is 1. The summed E-state index contributed by atoms with van der Waals surface area (Å²) < 4.78 is 5.83. The number of fused-ring (bicyclic) bond motifs is 1. The molecule has 0 aliphatic heterocycles. The lowest BCUT2D eigenvalue weighted by molar-refractivity contribution is -0.0753. The Kier molecular flexibility index (Phi) is 4.53. The minimum Gasteiger partial charge on any atom is -0.440 e. The van der Waals surface area contributed by atoms with Gasteiger partial charge in [-0.05, 0) is 42.3 Å². The molecular formula is C19H21N3O2. The molecule has 1 aromatic heterocycles. The fraction of sp³-hybridized carbons (Fsp3) is 0.211. The van der Waals surface area contributed by atoms with Crippen LogP contribution in [-0.2, 0) is 11.3 Å². The first kappa shape index (κ1) is 16.1. The average Bonchev–Trinajstić information content (AvgIpc) is 2.95. The highest BCUT2D eigenvalue weighted by Crippen LogP contribution is 2.21. The van der Waals surface area contributed by atoms with Crippen LogP contribution >= 0.6 is 0 Å². The van der Waals surface area contributed by atoms with Crippen molar-refractivity contribution < 1.29 is 9.25 Å². The van der Waals surface area contributed by atoms with Crippen molar-refractivity contribution in [1.29, 1.82) is 0 Å². The SMILES string of the molecule is C=C(Nc1cccc(Cc2nc3cc(C)ccc3o2)c1)N(C)OC. The first-order chi connectivity index (χ1) is 11.5. The maximum absolute atomic E-state index is 5.83. The molecular weight excluding hydrogens is 302 g/mol. The summed E-state index contributed by atoms with van der Waals surface area (Å²) in [7, 11) is 3.39. The van der Waals surface area contributed by atoms with Gasteiger partial charge >= 0.3 is 0 Å². The smallest absolute Gasteiger partial charge is 0.199 e. The molecule has 5 nitrogen and oxygen atoms in total. The number of nitrogens with zero attached hydrogens (tertiary/aromatic N) is 2. The van der Waals surface area contributed by atoms with E-state index in [1.165, 1.54) is 5.56 Å². The molecule has 0 aliphatic rings. The maximum atomic E-state index is 5.83. The van der Waals surface area contributed by atoms with Crippen molar-refractivity contribution in [1.82, 2.24) is 10.0 Å². The second-order valence-electron chi connectivity index (χ2n) is 5.71. The summed E-state index contributed by atoms with van der Waals surface area (Å²) in [4.78, 5) is 9.67. The zero-order chi connectivity index (χ0) is 17.1. The van der Waals surface area contributed by atoms with Gasteiger partial charge in [0.25, 0.3) is 0 Å². The summed E-state index contributed by atoms with van der Waals surface area (Å²) in [5, 5.41) is 4.77. The molecule has 0 unspecified atom stereocenters. The number of hydrogen-bond donors (Lipinski definition) is 1. The lowest BCUT2D eigenvalue weighted by Crippen LogP contribution is -2.20. The quantitative estimate of drug-likeness (QED) is 0.692. The van der Waals surface area contributed by atoms with Crippen LogP contribution in [0.1, 0.15) is 17.0 Å². The highest BCUT2D eigenvalue weighted by Gasteiger charge is 2.08. The van der Waals surface area contributed by atoms with Gasteiger partial charge in [-0.15, -0.1) is 0 Å². The molecule has 3 aromatic rings. The van der Waals surface area contributed by atoms with E-state index in [4.69, 9.17) is 9.25 Å². The Balaban J connectivity index is 1.77. The molecule has 5 heteroatoms. The Bertz CT molecular complexity index is 870. The minimum absolute atomic E-state index is 0.635. The van der Waals surface area contributed by atoms with Crippen LogP contribution in [-0.4, -0.2) is 24.2 Å². The van der Waals surface area contributed by atoms with E-state index in [1.807, 2.05) is 43.3 Å². The number of nitrogens with one attached hydrogen (secondary N) is 1. The van der Waals surface area contributed by atoms with Gasteiger partial charge in [-0.3, -0.25) is 4.84 Å². The standard InChI is InChI=1S/C19H21N3O2/c1-13-8-9-18-17(10-13)21-19(24-18)12-15-6-5-7-16(11-15)20-14(2)22(3)23-4/h5-11,20H,2,12H2,1,3-4H3. The predicted molar refractivity (Wildman–Crippen MR) is 95.5 cm³/mol. The van der Waals surface area contributed by atoms with Gasteiger partial charge < -0.3 is 9.73 Å². The van der Waals surface area contributed by atoms with E-state index >= 15 is 0 Å². The number of oxazole rings is 1. The normalized spacial score (nSPS) is 10.8. The molecule has 0 saturated heterocycles. The molecule has 1 N–H and O–H groups in total. The van der Waals surface area contributed by atoms with Gasteiger partial charge in [0.05, 0.1) is 7.11 Å². The van der Waals surface area contributed by atoms with E-state index < -0.39 is 0 Å². The lowest BCUT2D eigenvalue weighted by atomic mass is 10.1. The minimum atomic E-state index is 0.635. The monoisotopic (exact) mass is 323 g/mol. The van der Waals surface area contributed by atoms with Gasteiger partial charge in [-0.1, -0.05) is 24.8 Å². The molecule has 0 fully saturated rings. The number of benzene rings is 2. The van der Waals surface area contributed by atoms with Crippen molar-refractivity contribution in [3.8, 4) is 0 Å². The van der Waals surface area contributed by atoms with Crippen LogP contribution in [0.4, 0.5) is 5.69 Å². The third-order valence-corrected chi connectivity index (χ3v) is 3.81. The molecule has 0 radical (unpaired) electrons. The van der Waals surface area contributed by atoms with Crippen molar-refractivity contribution in [2.45, 2.75) is 13.3 Å². The Hall–Kier alpha value is -2.79. The van der Waals surface area contributed by atoms with Gasteiger partial charge in [-0.25, -0.2) is 10.0 Å². The molecule has 0 atom stereocenters. The van der Waals surface area contributed by atoms with Crippen LogP contribution in [0.15, 0.2) is 59.3 Å². The van der Waals surface area contributed by atoms with Crippen LogP contribution in [0.25, 0.3) is 11.1 Å². The zero-order valence-corrected chi connectivity index (χ0v) is 14.2. The van der Waals surface area contributed by atoms with Crippen molar-refractivity contribution in [3.63, 3.8) is 0 Å². The van der Waals surface area contributed by atoms with Crippen molar-refractivity contribution >= 4 is 16.8 Å². The average molecular weight is 323 g/mol. The lowest BCUT2D eigenvalue weighted by Gasteiger charge is -2.19. The highest BCUT2D eigenvalue weighted by atomic mass is 16.7. The van der Waals surface area contributed by atoms with Gasteiger partial charge in [-0.2, -0.15) is 0 Å². The Morgan fingerprint density at radius 3 is 2.92 bits per heavy atom. The van der Waals surface area contributed by atoms with Crippen LogP contribution in [0.3, 0.4) is 0 Å². The van der Waals surface area contributed by atoms with E-state index in [-0.39, 0.29) is 0 Å². The molecule has 0 spiro atoms. The molecule has 0 bridgehead atoms. The van der Waals surface area contributed by atoms with E-state index in [1.54, 1.807) is 19.2 Å². The number of rotatable bonds is 6. The van der Waals surface area contributed by atoms with Crippen LogP contribution in [0.2, 0.25) is 0 Å². The van der Waals surface area contributed by atoms with Gasteiger partial charge in [0.2, 0.25) is 0 Å². The summed E-state index contributed by atoms with van der Waals surface area (Å²) in [6.45, 7) is 5.98. The van der Waals surface area contributed by atoms with Crippen molar-refractivity contribution in [2.75, 3.05) is 19.5 Å². The molecule has 24 heavy (non-hydrogen) atoms. The molecule has 124 valence electrons. The molecule has 1 heterocycles. The summed E-state index contributed by atoms with van der Waals surface area (Å²) in [6, 6.07) is 14.1. The summed E-state index contributed by atoms with van der Waals surface area (Å²) in [6.07, 6.45) is 0.635. The summed E-state index contributed by atoms with van der Waals surface area (Å²) >= 11 is 0. The van der Waals surface area contributed by atoms with Crippen molar-refractivity contribution in [3.05, 3.63) is 71.9 Å². The number of hydrogen-bond acceptors (Lipinski definition) is 5. The van der Waals surface area contributed by atoms with Gasteiger partial charge in [0, 0.05) is 19.2 Å². The summed E-state index contributed by atoms with van der Waals surface area (Å²) in [5.41, 5.74) is 4.94. The van der Waals surface area contributed by atoms with Gasteiger partial charge in [0.15, 0.2) is 11.5 Å². The Morgan fingerprint density at radius 2 is 2.12 bits per heavy atom. The predicted octanol–water partition coefficient (Wildman–Crippen LogP) is 4.10. The number of aryl methyl sites for hydroxylation is 1. The second kappa shape index (κ2) is 6.76. The number of hydroxylamine groups is 2. The molecule has 3 rings (SSSR count). The zero-order valence-electron chi connectivity index (χ0n) is 14.2. The van der Waals surface area contributed by atoms with Crippen LogP contribution < -0.4 is 5.32 Å². The first-order valence-electron chi connectivity index (χ1n) is 7.74. The van der Waals surface area contributed by atoms with Gasteiger partial charge in [0.1, 0.15) is 11.3 Å². The largest absolute Gasteiger partial charge is 0.440 e. The fourth-order valence-corrected chi connectivity index (χ4v) is 2.45. The number of aromatic nitrogens is 1. The first-order valence-corrected chi connectivity index (χ1v) is 7.74. The van der Waals surface area contributed by atoms with E-state index in [9.17, 15) is 0 Å². The maximum Gasteiger partial charge on any atom is 0.199 e. The Morgan fingerprint density at radius 1 is 1.29 bits per heavy atom. The van der Waals surface area contributed by atoms with E-state index in [0.717, 1.165) is 22.4 Å². The molecule has 0 aliphatic carbocycles. The fourth-order valence-electron chi connectivity index (χ4n) is 2.45. The molecule has 0 amide bonds. The Labute approximate surface area is 141 Å². The summed E-state index contributed by atoms with van der Waals surface area (Å²) in [5.74, 6) is 1.37. The third kappa shape index (κ3) is 3.58. The third-order valence-electron chi connectivity index (χ3n) is 3.81. The van der Waals surface area contributed by atoms with E-state index in [0.29, 0.717) is 18.1 Å². The molecule has 0 saturated carbocycles. The topological polar surface area (TPSA) is 50.5 Å². The second-order valence-corrected chi connectivity index (χ2v) is 5.71. The highest BCUT2D eigenvalue weighted by molar-refractivity contribution is 5.73. The van der Waals surface area contributed by atoms with Crippen molar-refractivity contribution in [2.24, 2.45) is 0 Å². The van der Waals surface area contributed by atoms with Crippen LogP contribution in [0.5, 0.6) is 0 Å². The van der Waals surface area contributed by atoms with E-state index in [2.05, 4.69) is 22.9 Å². The van der Waals surface area contributed by atoms with Crippen LogP contribution in [0, 0.1) is 6.92 Å².